The Bertz CT molecular complexity index is 1190. The fraction of sp³-hybridized carbons (Fsp3) is 0.350. The molecule has 0 bridgehead atoms. The average molecular weight is 386 g/mol. The molecule has 1 aliphatic carbocycles. The van der Waals surface area contributed by atoms with Crippen LogP contribution in [0.4, 0.5) is 0 Å². The zero-order valence-corrected chi connectivity index (χ0v) is 16.3. The third-order valence-electron chi connectivity index (χ3n) is 5.29. The molecule has 6 nitrogen and oxygen atoms in total. The largest absolute Gasteiger partial charge is 0.493 e. The average Bonchev–Trinajstić information content (AvgIpc) is 3.11. The number of nitrogens with zero attached hydrogens (tertiary/aromatic N) is 1. The second-order valence-corrected chi connectivity index (χ2v) is 9.46. The van der Waals surface area contributed by atoms with Gasteiger partial charge in [-0.05, 0) is 42.5 Å². The first-order valence-electron chi connectivity index (χ1n) is 8.89. The van der Waals surface area contributed by atoms with Gasteiger partial charge in [0.2, 0.25) is 0 Å². The fourth-order valence-corrected chi connectivity index (χ4v) is 4.03. The number of hydrogen-bond donors (Lipinski definition) is 1. The number of hydrogen-bond acceptors (Lipinski definition) is 4. The summed E-state index contributed by atoms with van der Waals surface area (Å²) in [5.74, 6) is 1.83. The molecule has 0 saturated heterocycles. The van der Waals surface area contributed by atoms with Crippen molar-refractivity contribution in [2.24, 2.45) is 18.9 Å². The Morgan fingerprint density at radius 2 is 2.00 bits per heavy atom. The van der Waals surface area contributed by atoms with Crippen molar-refractivity contribution in [2.45, 2.75) is 18.2 Å². The summed E-state index contributed by atoms with van der Waals surface area (Å²) >= 11 is 0. The van der Waals surface area contributed by atoms with Gasteiger partial charge in [0, 0.05) is 42.2 Å². The van der Waals surface area contributed by atoms with E-state index in [-0.39, 0.29) is 10.5 Å². The Labute approximate surface area is 157 Å². The van der Waals surface area contributed by atoms with Crippen molar-refractivity contribution in [1.29, 1.82) is 0 Å². The van der Waals surface area contributed by atoms with Crippen LogP contribution in [0.25, 0.3) is 22.0 Å². The minimum absolute atomic E-state index is 0.132. The Hall–Kier alpha value is -2.54. The van der Waals surface area contributed by atoms with E-state index in [0.29, 0.717) is 35.3 Å². The highest BCUT2D eigenvalue weighted by atomic mass is 32.2. The van der Waals surface area contributed by atoms with Crippen molar-refractivity contribution >= 4 is 20.7 Å². The molecule has 142 valence electrons. The van der Waals surface area contributed by atoms with Crippen LogP contribution in [0.1, 0.15) is 13.3 Å². The summed E-state index contributed by atoms with van der Waals surface area (Å²) in [6, 6.07) is 6.74. The fourth-order valence-electron chi connectivity index (χ4n) is 3.39. The molecule has 1 aliphatic rings. The van der Waals surface area contributed by atoms with Crippen LogP contribution in [0.2, 0.25) is 0 Å². The molecule has 1 fully saturated rings. The topological polar surface area (TPSA) is 81.2 Å². The summed E-state index contributed by atoms with van der Waals surface area (Å²) in [6.07, 6.45) is 5.78. The molecule has 0 amide bonds. The van der Waals surface area contributed by atoms with Crippen LogP contribution in [0.5, 0.6) is 5.75 Å². The van der Waals surface area contributed by atoms with Crippen molar-refractivity contribution in [2.75, 3.05) is 12.9 Å². The van der Waals surface area contributed by atoms with Crippen molar-refractivity contribution in [3.05, 3.63) is 47.0 Å². The number of benzene rings is 1. The second-order valence-electron chi connectivity index (χ2n) is 7.44. The minimum atomic E-state index is -3.37. The van der Waals surface area contributed by atoms with Crippen LogP contribution in [0.3, 0.4) is 0 Å². The van der Waals surface area contributed by atoms with Gasteiger partial charge in [0.15, 0.2) is 9.84 Å². The molecule has 3 aromatic rings. The number of sulfone groups is 1. The van der Waals surface area contributed by atoms with Gasteiger partial charge in [-0.1, -0.05) is 6.92 Å². The van der Waals surface area contributed by atoms with E-state index in [1.165, 1.54) is 10.8 Å². The SMILES string of the molecule is CC1CC1COc1ccc(S(C)(=O)=O)cc1-c1cn(C)c(=O)c2[nH]ccc12. The van der Waals surface area contributed by atoms with E-state index < -0.39 is 9.84 Å². The summed E-state index contributed by atoms with van der Waals surface area (Å²) in [6.45, 7) is 2.80. The van der Waals surface area contributed by atoms with E-state index >= 15 is 0 Å². The molecule has 0 spiro atoms. The van der Waals surface area contributed by atoms with Crippen LogP contribution in [-0.4, -0.2) is 30.8 Å². The standard InChI is InChI=1S/C20H22N2O4S/c1-12-8-13(12)11-26-18-5-4-14(27(3,24)25)9-16(18)17-10-22(2)20(23)19-15(17)6-7-21-19/h4-7,9-10,12-13,21H,8,11H2,1-3H3. The minimum Gasteiger partial charge on any atom is -0.493 e. The Morgan fingerprint density at radius 3 is 2.67 bits per heavy atom. The van der Waals surface area contributed by atoms with Crippen LogP contribution >= 0.6 is 0 Å². The summed E-state index contributed by atoms with van der Waals surface area (Å²) < 4.78 is 31.7. The van der Waals surface area contributed by atoms with Gasteiger partial charge >= 0.3 is 0 Å². The van der Waals surface area contributed by atoms with Gasteiger partial charge in [-0.2, -0.15) is 0 Å². The van der Waals surface area contributed by atoms with Crippen molar-refractivity contribution in [3.63, 3.8) is 0 Å². The predicted octanol–water partition coefficient (Wildman–Crippen LogP) is 2.97. The molecule has 1 saturated carbocycles. The van der Waals surface area contributed by atoms with E-state index in [1.807, 2.05) is 6.07 Å². The van der Waals surface area contributed by atoms with Gasteiger partial charge in [-0.15, -0.1) is 0 Å². The molecular weight excluding hydrogens is 364 g/mol. The number of ether oxygens (including phenoxy) is 1. The van der Waals surface area contributed by atoms with Gasteiger partial charge < -0.3 is 14.3 Å². The van der Waals surface area contributed by atoms with E-state index in [4.69, 9.17) is 4.74 Å². The normalized spacial score (nSPS) is 19.4. The molecule has 2 aromatic heterocycles. The quantitative estimate of drug-likeness (QED) is 0.731. The summed E-state index contributed by atoms with van der Waals surface area (Å²) in [5.41, 5.74) is 1.79. The first kappa shape index (κ1) is 17.9. The Kier molecular flexibility index (Phi) is 4.14. The monoisotopic (exact) mass is 386 g/mol. The lowest BCUT2D eigenvalue weighted by Crippen LogP contribution is -2.16. The molecule has 1 aromatic carbocycles. The summed E-state index contributed by atoms with van der Waals surface area (Å²) in [4.78, 5) is 15.5. The summed E-state index contributed by atoms with van der Waals surface area (Å²) in [7, 11) is -1.69. The second kappa shape index (κ2) is 6.27. The molecule has 2 heterocycles. The number of aromatic nitrogens is 2. The van der Waals surface area contributed by atoms with Gasteiger partial charge in [-0.25, -0.2) is 8.42 Å². The number of pyridine rings is 1. The van der Waals surface area contributed by atoms with Crippen molar-refractivity contribution < 1.29 is 13.2 Å². The smallest absolute Gasteiger partial charge is 0.274 e. The van der Waals surface area contributed by atoms with E-state index in [1.54, 1.807) is 37.6 Å². The Morgan fingerprint density at radius 1 is 1.26 bits per heavy atom. The molecule has 2 atom stereocenters. The molecule has 0 aliphatic heterocycles. The van der Waals surface area contributed by atoms with Crippen molar-refractivity contribution in [1.82, 2.24) is 9.55 Å². The molecular formula is C20H22N2O4S. The highest BCUT2D eigenvalue weighted by molar-refractivity contribution is 7.90. The molecule has 0 radical (unpaired) electrons. The zero-order chi connectivity index (χ0) is 19.3. The maximum atomic E-state index is 12.3. The molecule has 4 rings (SSSR count). The number of aromatic amines is 1. The zero-order valence-electron chi connectivity index (χ0n) is 15.5. The lowest BCUT2D eigenvalue weighted by Gasteiger charge is -2.15. The van der Waals surface area contributed by atoms with E-state index in [9.17, 15) is 13.2 Å². The third kappa shape index (κ3) is 3.27. The maximum Gasteiger partial charge on any atom is 0.274 e. The number of aryl methyl sites for hydroxylation is 1. The van der Waals surface area contributed by atoms with Crippen LogP contribution in [-0.2, 0) is 16.9 Å². The van der Waals surface area contributed by atoms with Gasteiger partial charge in [0.05, 0.1) is 11.5 Å². The van der Waals surface area contributed by atoms with Crippen molar-refractivity contribution in [3.8, 4) is 16.9 Å². The molecule has 2 unspecified atom stereocenters. The Balaban J connectivity index is 1.90. The number of fused-ring (bicyclic) bond motifs is 1. The van der Waals surface area contributed by atoms with E-state index in [2.05, 4.69) is 11.9 Å². The third-order valence-corrected chi connectivity index (χ3v) is 6.40. The number of H-pyrrole nitrogens is 1. The summed E-state index contributed by atoms with van der Waals surface area (Å²) in [5, 5.41) is 0.744. The lowest BCUT2D eigenvalue weighted by atomic mass is 10.0. The molecule has 7 heteroatoms. The van der Waals surface area contributed by atoms with Gasteiger partial charge in [0.1, 0.15) is 11.3 Å². The van der Waals surface area contributed by atoms with Crippen LogP contribution in [0, 0.1) is 11.8 Å². The number of nitrogens with one attached hydrogen (secondary N) is 1. The number of rotatable bonds is 5. The highest BCUT2D eigenvalue weighted by Crippen LogP contribution is 2.40. The highest BCUT2D eigenvalue weighted by Gasteiger charge is 2.33. The van der Waals surface area contributed by atoms with Gasteiger partial charge in [0.25, 0.3) is 5.56 Å². The first-order chi connectivity index (χ1) is 12.8. The lowest BCUT2D eigenvalue weighted by molar-refractivity contribution is 0.294. The van der Waals surface area contributed by atoms with Crippen LogP contribution < -0.4 is 10.3 Å². The predicted molar refractivity (Wildman–Crippen MR) is 105 cm³/mol. The van der Waals surface area contributed by atoms with Crippen LogP contribution in [0.15, 0.2) is 46.3 Å². The molecule has 27 heavy (non-hydrogen) atoms. The maximum absolute atomic E-state index is 12.3. The first-order valence-corrected chi connectivity index (χ1v) is 10.8. The molecule has 1 N–H and O–H groups in total. The van der Waals surface area contributed by atoms with E-state index in [0.717, 1.165) is 17.4 Å². The van der Waals surface area contributed by atoms with Gasteiger partial charge in [-0.3, -0.25) is 4.79 Å².